The maximum absolute atomic E-state index is 5.41. The Morgan fingerprint density at radius 3 is 1.69 bits per heavy atom. The molecule has 306 valence electrons. The first-order chi connectivity index (χ1) is 31.4. The van der Waals surface area contributed by atoms with Gasteiger partial charge in [-0.15, -0.1) is 0 Å². The molecule has 0 aliphatic heterocycles. The summed E-state index contributed by atoms with van der Waals surface area (Å²) in [6, 6.07) is 66.9. The molecular weight excluding hydrogens is 777 g/mol. The van der Waals surface area contributed by atoms with E-state index in [0.29, 0.717) is 11.8 Å². The summed E-state index contributed by atoms with van der Waals surface area (Å²) in [5.74, 6) is 1.37. The van der Waals surface area contributed by atoms with Crippen molar-refractivity contribution in [3.63, 3.8) is 0 Å². The quantitative estimate of drug-likeness (QED) is 0.143. The zero-order valence-electron chi connectivity index (χ0n) is 36.2. The normalized spacial score (nSPS) is 14.0. The molecule has 0 N–H and O–H groups in total. The van der Waals surface area contributed by atoms with E-state index in [1.54, 1.807) is 0 Å². The highest BCUT2D eigenvalue weighted by atomic mass is 14.9. The Balaban J connectivity index is 0.979. The predicted molar refractivity (Wildman–Crippen MR) is 268 cm³/mol. The first-order valence-electron chi connectivity index (χ1n) is 22.3. The lowest BCUT2D eigenvalue weighted by molar-refractivity contribution is 0.746. The van der Waals surface area contributed by atoms with Gasteiger partial charge in [0.15, 0.2) is 5.82 Å². The minimum Gasteiger partial charge on any atom is -0.250 e. The van der Waals surface area contributed by atoms with Gasteiger partial charge in [0, 0.05) is 33.2 Å². The molecule has 1 unspecified atom stereocenters. The molecule has 4 heteroatoms. The molecule has 1 atom stereocenters. The topological polar surface area (TPSA) is 51.6 Å². The lowest BCUT2D eigenvalue weighted by Gasteiger charge is -2.20. The average Bonchev–Trinajstić information content (AvgIpc) is 3.36. The molecule has 0 fully saturated rings. The minimum atomic E-state index is 0.301. The van der Waals surface area contributed by atoms with E-state index < -0.39 is 0 Å². The van der Waals surface area contributed by atoms with Crippen molar-refractivity contribution >= 4 is 43.7 Å². The summed E-state index contributed by atoms with van der Waals surface area (Å²) in [4.78, 5) is 21.1. The van der Waals surface area contributed by atoms with Crippen LogP contribution in [0.4, 0.5) is 0 Å². The number of hydrogen-bond donors (Lipinski definition) is 0. The van der Waals surface area contributed by atoms with Crippen molar-refractivity contribution in [2.24, 2.45) is 5.92 Å². The number of pyridine rings is 2. The maximum Gasteiger partial charge on any atom is 0.156 e. The molecule has 0 bridgehead atoms. The number of rotatable bonds is 8. The Hall–Kier alpha value is -7.82. The van der Waals surface area contributed by atoms with Gasteiger partial charge in [-0.1, -0.05) is 191 Å². The Kier molecular flexibility index (Phi) is 10.0. The fourth-order valence-corrected chi connectivity index (χ4v) is 9.09. The second-order valence-electron chi connectivity index (χ2n) is 17.4. The van der Waals surface area contributed by atoms with E-state index in [-0.39, 0.29) is 0 Å². The van der Waals surface area contributed by atoms with Crippen LogP contribution in [0.3, 0.4) is 0 Å². The second-order valence-corrected chi connectivity index (χ2v) is 17.4. The van der Waals surface area contributed by atoms with Crippen LogP contribution in [0.25, 0.3) is 99.8 Å². The third-order valence-corrected chi connectivity index (χ3v) is 12.5. The Morgan fingerprint density at radius 1 is 0.438 bits per heavy atom. The van der Waals surface area contributed by atoms with Gasteiger partial charge < -0.3 is 0 Å². The highest BCUT2D eigenvalue weighted by Crippen LogP contribution is 2.39. The summed E-state index contributed by atoms with van der Waals surface area (Å²) < 4.78 is 0. The van der Waals surface area contributed by atoms with Crippen LogP contribution in [0.15, 0.2) is 200 Å². The van der Waals surface area contributed by atoms with Crippen molar-refractivity contribution in [3.05, 3.63) is 217 Å². The first kappa shape index (κ1) is 39.1. The molecule has 0 saturated carbocycles. The monoisotopic (exact) mass is 822 g/mol. The number of hydrogen-bond acceptors (Lipinski definition) is 4. The Labute approximate surface area is 374 Å². The van der Waals surface area contributed by atoms with Gasteiger partial charge >= 0.3 is 0 Å². The predicted octanol–water partition coefficient (Wildman–Crippen LogP) is 15.7. The van der Waals surface area contributed by atoms with Crippen molar-refractivity contribution in [1.82, 2.24) is 19.9 Å². The Morgan fingerprint density at radius 2 is 0.984 bits per heavy atom. The van der Waals surface area contributed by atoms with Crippen LogP contribution in [0, 0.1) is 5.92 Å². The van der Waals surface area contributed by atoms with Crippen molar-refractivity contribution in [3.8, 4) is 56.0 Å². The SMILES string of the molecule is CC1C=C(c2ccc(-c3cc(-c4ccc5ccccc5c4)c4ccc5ccc(C(C)C)nc5c4n3)cc2)C=C(c2nc(-c3ccccc3)cc(-c3ccc(-c4ccccc4)cc3)n2)C1. The van der Waals surface area contributed by atoms with E-state index in [1.165, 1.54) is 27.5 Å². The van der Waals surface area contributed by atoms with Gasteiger partial charge in [-0.05, 0) is 98.3 Å². The van der Waals surface area contributed by atoms with Crippen LogP contribution in [-0.2, 0) is 0 Å². The zero-order chi connectivity index (χ0) is 43.1. The van der Waals surface area contributed by atoms with E-state index >= 15 is 0 Å². The van der Waals surface area contributed by atoms with Crippen LogP contribution >= 0.6 is 0 Å². The summed E-state index contributed by atoms with van der Waals surface area (Å²) in [5.41, 5.74) is 17.0. The fourth-order valence-electron chi connectivity index (χ4n) is 9.09. The van der Waals surface area contributed by atoms with Crippen molar-refractivity contribution in [2.45, 2.75) is 33.1 Å². The molecule has 0 spiro atoms. The Bertz CT molecular complexity index is 3420. The molecule has 0 saturated heterocycles. The van der Waals surface area contributed by atoms with Crippen molar-refractivity contribution in [2.75, 3.05) is 0 Å². The molecule has 1 aliphatic carbocycles. The van der Waals surface area contributed by atoms with Gasteiger partial charge in [-0.3, -0.25) is 4.98 Å². The van der Waals surface area contributed by atoms with Crippen LogP contribution in [0.1, 0.15) is 50.2 Å². The van der Waals surface area contributed by atoms with Crippen LogP contribution < -0.4 is 0 Å². The van der Waals surface area contributed by atoms with Crippen molar-refractivity contribution < 1.29 is 0 Å². The highest BCUT2D eigenvalue weighted by Gasteiger charge is 2.20. The number of allylic oxidation sites excluding steroid dienone is 4. The van der Waals surface area contributed by atoms with E-state index in [9.17, 15) is 0 Å². The van der Waals surface area contributed by atoms with Crippen LogP contribution in [0.2, 0.25) is 0 Å². The highest BCUT2D eigenvalue weighted by molar-refractivity contribution is 6.10. The lowest BCUT2D eigenvalue weighted by Crippen LogP contribution is -2.06. The van der Waals surface area contributed by atoms with E-state index in [2.05, 4.69) is 215 Å². The number of benzene rings is 7. The molecule has 4 nitrogen and oxygen atoms in total. The molecular formula is C60H46N4. The largest absolute Gasteiger partial charge is 0.250 e. The van der Waals surface area contributed by atoms with Gasteiger partial charge in [0.2, 0.25) is 0 Å². The molecule has 3 aromatic heterocycles. The summed E-state index contributed by atoms with van der Waals surface area (Å²) in [6.45, 7) is 6.67. The third-order valence-electron chi connectivity index (χ3n) is 12.5. The maximum atomic E-state index is 5.41. The third kappa shape index (κ3) is 7.58. The van der Waals surface area contributed by atoms with E-state index in [1.807, 2.05) is 6.07 Å². The second kappa shape index (κ2) is 16.5. The smallest absolute Gasteiger partial charge is 0.156 e. The molecule has 11 rings (SSSR count). The molecule has 0 radical (unpaired) electrons. The molecule has 3 heterocycles. The van der Waals surface area contributed by atoms with Crippen LogP contribution in [0.5, 0.6) is 0 Å². The summed E-state index contributed by atoms with van der Waals surface area (Å²) in [6.07, 6.45) is 5.52. The fraction of sp³-hybridized carbons (Fsp3) is 0.100. The van der Waals surface area contributed by atoms with Crippen LogP contribution in [-0.4, -0.2) is 19.9 Å². The van der Waals surface area contributed by atoms with Gasteiger partial charge in [0.05, 0.1) is 28.1 Å². The molecule has 7 aromatic carbocycles. The number of nitrogens with zero attached hydrogens (tertiary/aromatic N) is 4. The molecule has 1 aliphatic rings. The van der Waals surface area contributed by atoms with Crippen molar-refractivity contribution in [1.29, 1.82) is 0 Å². The summed E-state index contributed by atoms with van der Waals surface area (Å²) in [7, 11) is 0. The summed E-state index contributed by atoms with van der Waals surface area (Å²) >= 11 is 0. The average molecular weight is 823 g/mol. The van der Waals surface area contributed by atoms with Gasteiger partial charge in [0.1, 0.15) is 0 Å². The van der Waals surface area contributed by atoms with E-state index in [4.69, 9.17) is 19.9 Å². The first-order valence-corrected chi connectivity index (χ1v) is 22.3. The zero-order valence-corrected chi connectivity index (χ0v) is 36.2. The summed E-state index contributed by atoms with van der Waals surface area (Å²) in [5, 5.41) is 4.63. The van der Waals surface area contributed by atoms with E-state index in [0.717, 1.165) is 95.8 Å². The minimum absolute atomic E-state index is 0.301. The molecule has 64 heavy (non-hydrogen) atoms. The number of aromatic nitrogens is 4. The standard InChI is InChI=1S/C60H46N4/c1-38(2)54-31-29-47-28-30-52-53(49-27-22-41-14-10-11-17-48(41)34-49)36-55(62-59(52)58(47)61-54)45-25-20-43(21-26-45)50-32-39(3)33-51(35-50)60-63-56(44-15-8-5-9-16-44)37-57(64-60)46-23-18-42(19-24-46)40-12-6-4-7-13-40/h4-32,34-39H,33H2,1-3H3. The molecule has 0 amide bonds. The van der Waals surface area contributed by atoms with Gasteiger partial charge in [-0.25, -0.2) is 15.0 Å². The molecule has 10 aromatic rings. The lowest BCUT2D eigenvalue weighted by atomic mass is 9.87. The van der Waals surface area contributed by atoms with Gasteiger partial charge in [0.25, 0.3) is 0 Å². The number of fused-ring (bicyclic) bond motifs is 4. The van der Waals surface area contributed by atoms with Gasteiger partial charge in [-0.2, -0.15) is 0 Å².